The topological polar surface area (TPSA) is 99.4 Å². The summed E-state index contributed by atoms with van der Waals surface area (Å²) in [7, 11) is 0. The van der Waals surface area contributed by atoms with Crippen LogP contribution in [0.2, 0.25) is 5.02 Å². The van der Waals surface area contributed by atoms with Crippen molar-refractivity contribution in [1.82, 2.24) is 10.2 Å². The van der Waals surface area contributed by atoms with E-state index in [-0.39, 0.29) is 46.6 Å². The van der Waals surface area contributed by atoms with Crippen LogP contribution in [-0.4, -0.2) is 34.3 Å². The van der Waals surface area contributed by atoms with E-state index in [2.05, 4.69) is 44.8 Å². The van der Waals surface area contributed by atoms with Gasteiger partial charge in [0.15, 0.2) is 5.78 Å². The Labute approximate surface area is 302 Å². The number of ether oxygens (including phenoxy) is 1. The van der Waals surface area contributed by atoms with Gasteiger partial charge in [0.2, 0.25) is 11.8 Å². The van der Waals surface area contributed by atoms with Crippen molar-refractivity contribution in [2.24, 2.45) is 57.2 Å². The Hall–Kier alpha value is -2.80. The van der Waals surface area contributed by atoms with Crippen molar-refractivity contribution >= 4 is 29.6 Å². The first-order chi connectivity index (χ1) is 23.6. The van der Waals surface area contributed by atoms with Crippen LogP contribution in [-0.2, 0) is 25.5 Å². The third-order valence-corrected chi connectivity index (χ3v) is 14.8. The van der Waals surface area contributed by atoms with Gasteiger partial charge in [0.05, 0.1) is 6.42 Å². The van der Waals surface area contributed by atoms with Crippen LogP contribution in [0.15, 0.2) is 39.8 Å². The van der Waals surface area contributed by atoms with Crippen LogP contribution in [0.5, 0.6) is 0 Å². The molecule has 2 aromatic rings. The number of fused-ring (bicyclic) bond motifs is 7. The molecule has 1 aromatic carbocycles. The van der Waals surface area contributed by atoms with Crippen molar-refractivity contribution in [1.29, 1.82) is 0 Å². The fourth-order valence-corrected chi connectivity index (χ4v) is 12.5. The summed E-state index contributed by atoms with van der Waals surface area (Å²) in [6.45, 7) is 15.4. The lowest BCUT2D eigenvalue weighted by molar-refractivity contribution is -0.191. The van der Waals surface area contributed by atoms with E-state index in [1.807, 2.05) is 24.3 Å². The highest BCUT2D eigenvalue weighted by Crippen LogP contribution is 2.72. The van der Waals surface area contributed by atoms with Crippen LogP contribution in [0.1, 0.15) is 119 Å². The average Bonchev–Trinajstić information content (AvgIpc) is 3.63. The predicted octanol–water partition coefficient (Wildman–Crippen LogP) is 9.66. The van der Waals surface area contributed by atoms with Gasteiger partial charge in [-0.25, -0.2) is 0 Å². The maximum absolute atomic E-state index is 14.0. The Balaban J connectivity index is 1.14. The molecule has 0 aliphatic heterocycles. The minimum absolute atomic E-state index is 0.0906. The van der Waals surface area contributed by atoms with Gasteiger partial charge in [-0.05, 0) is 128 Å². The number of hydrogen-bond acceptors (Lipinski definition) is 7. The molecule has 0 saturated heterocycles. The van der Waals surface area contributed by atoms with Gasteiger partial charge in [-0.3, -0.25) is 9.59 Å². The maximum Gasteiger partial charge on any atom is 0.307 e. The quantitative estimate of drug-likeness (QED) is 0.199. The second-order valence-electron chi connectivity index (χ2n) is 18.3. The molecule has 9 atom stereocenters. The lowest BCUT2D eigenvalue weighted by atomic mass is 9.38. The number of allylic oxidation sites excluding steroid dienone is 2. The maximum atomic E-state index is 14.0. The highest BCUT2D eigenvalue weighted by molar-refractivity contribution is 6.30. The molecule has 1 aromatic heterocycles. The second-order valence-corrected chi connectivity index (χ2v) is 18.7. The van der Waals surface area contributed by atoms with Crippen molar-refractivity contribution in [2.45, 2.75) is 125 Å². The molecule has 0 N–H and O–H groups in total. The Morgan fingerprint density at radius 2 is 1.70 bits per heavy atom. The van der Waals surface area contributed by atoms with Gasteiger partial charge in [-0.1, -0.05) is 65.6 Å². The van der Waals surface area contributed by atoms with E-state index in [1.54, 1.807) is 13.8 Å². The van der Waals surface area contributed by atoms with Crippen molar-refractivity contribution in [3.05, 3.63) is 46.3 Å². The smallest absolute Gasteiger partial charge is 0.307 e. The molecule has 270 valence electrons. The molecule has 0 spiro atoms. The zero-order valence-corrected chi connectivity index (χ0v) is 31.8. The molecule has 4 saturated carbocycles. The number of Topliss-reactive ketones (excluding diaryl/α,β-unsaturated/α-hetero) is 1. The minimum Gasteiger partial charge on any atom is -0.462 e. The Kier molecular flexibility index (Phi) is 9.04. The molecule has 4 fully saturated rings. The van der Waals surface area contributed by atoms with Gasteiger partial charge in [-0.15, -0.1) is 10.2 Å². The number of ketones is 1. The second kappa shape index (κ2) is 12.7. The standard InChI is InChI=1S/C42H55ClN2O5/c1-24(2)36-31(47)20-42(21-34-44-45-38(50-34)26-8-10-27(43)11-9-26)19-15-30-28(37(36)42)12-13-33-40(6)18-16-32(49-35(48)22-39(4,5)23-46)25(3)29(40)14-17-41(30,33)7/h8-11,23-25,28-30,32-33H,12-22H2,1-7H3. The number of nitrogens with zero attached hydrogens (tertiary/aromatic N) is 2. The number of carbonyl (C=O) groups is 3. The molecule has 0 amide bonds. The molecule has 5 aliphatic rings. The summed E-state index contributed by atoms with van der Waals surface area (Å²) in [6, 6.07) is 7.46. The molecule has 0 bridgehead atoms. The fraction of sp³-hybridized carbons (Fsp3) is 0.690. The highest BCUT2D eigenvalue weighted by atomic mass is 35.5. The lowest BCUT2D eigenvalue weighted by Crippen LogP contribution is -2.60. The van der Waals surface area contributed by atoms with Crippen LogP contribution in [0.3, 0.4) is 0 Å². The van der Waals surface area contributed by atoms with Gasteiger partial charge >= 0.3 is 5.97 Å². The van der Waals surface area contributed by atoms with Crippen molar-refractivity contribution in [2.75, 3.05) is 0 Å². The van der Waals surface area contributed by atoms with Gasteiger partial charge in [0.25, 0.3) is 0 Å². The highest BCUT2D eigenvalue weighted by Gasteiger charge is 2.65. The number of carbonyl (C=O) groups excluding carboxylic acids is 3. The van der Waals surface area contributed by atoms with E-state index in [9.17, 15) is 14.4 Å². The summed E-state index contributed by atoms with van der Waals surface area (Å²) in [6.07, 6.45) is 10.6. The summed E-state index contributed by atoms with van der Waals surface area (Å²) in [5.74, 6) is 3.64. The number of hydrogen-bond donors (Lipinski definition) is 0. The van der Waals surface area contributed by atoms with Crippen LogP contribution in [0.4, 0.5) is 0 Å². The van der Waals surface area contributed by atoms with E-state index in [0.717, 1.165) is 62.4 Å². The van der Waals surface area contributed by atoms with Crippen molar-refractivity contribution in [3.63, 3.8) is 0 Å². The van der Waals surface area contributed by atoms with Gasteiger partial charge in [0, 0.05) is 34.3 Å². The zero-order chi connectivity index (χ0) is 35.8. The molecule has 8 heteroatoms. The number of esters is 1. The summed E-state index contributed by atoms with van der Waals surface area (Å²) in [5, 5.41) is 9.58. The monoisotopic (exact) mass is 702 g/mol. The minimum atomic E-state index is -0.702. The van der Waals surface area contributed by atoms with E-state index in [0.29, 0.717) is 59.1 Å². The van der Waals surface area contributed by atoms with E-state index in [1.165, 1.54) is 12.0 Å². The SMILES string of the molecule is CC(C)C1=C2C3CCC4C(C)(CCC5C(C)C(OC(=O)CC(C)(C)C=O)CCC54C)C3CCC2(Cc2nnc(-c3ccc(Cl)cc3)o2)CC1=O. The third-order valence-electron chi connectivity index (χ3n) is 14.5. The lowest BCUT2D eigenvalue weighted by Gasteiger charge is -2.67. The summed E-state index contributed by atoms with van der Waals surface area (Å²) >= 11 is 6.12. The van der Waals surface area contributed by atoms with E-state index in [4.69, 9.17) is 20.8 Å². The number of aldehydes is 1. The first kappa shape index (κ1) is 35.6. The number of rotatable bonds is 8. The number of aromatic nitrogens is 2. The molecule has 0 radical (unpaired) electrons. The molecule has 7 rings (SSSR count). The molecule has 9 unspecified atom stereocenters. The predicted molar refractivity (Wildman–Crippen MR) is 193 cm³/mol. The van der Waals surface area contributed by atoms with Gasteiger partial charge < -0.3 is 13.9 Å². The fourth-order valence-electron chi connectivity index (χ4n) is 12.3. The van der Waals surface area contributed by atoms with Crippen LogP contribution in [0.25, 0.3) is 11.5 Å². The largest absolute Gasteiger partial charge is 0.462 e. The molecular formula is C42H55ClN2O5. The van der Waals surface area contributed by atoms with Crippen molar-refractivity contribution < 1.29 is 23.5 Å². The summed E-state index contributed by atoms with van der Waals surface area (Å²) in [5.41, 5.74) is 2.74. The normalized spacial score (nSPS) is 36.8. The summed E-state index contributed by atoms with van der Waals surface area (Å²) < 4.78 is 12.4. The Morgan fingerprint density at radius 1 is 1.02 bits per heavy atom. The molecule has 7 nitrogen and oxygen atoms in total. The van der Waals surface area contributed by atoms with Gasteiger partial charge in [0.1, 0.15) is 12.4 Å². The Bertz CT molecular complexity index is 1690. The number of halogens is 1. The molecule has 1 heterocycles. The average molecular weight is 703 g/mol. The van der Waals surface area contributed by atoms with Crippen LogP contribution in [0, 0.1) is 57.2 Å². The van der Waals surface area contributed by atoms with E-state index < -0.39 is 5.41 Å². The first-order valence-corrected chi connectivity index (χ1v) is 19.5. The van der Waals surface area contributed by atoms with Gasteiger partial charge in [-0.2, -0.15) is 0 Å². The number of benzene rings is 1. The molecular weight excluding hydrogens is 648 g/mol. The third kappa shape index (κ3) is 5.82. The van der Waals surface area contributed by atoms with Crippen molar-refractivity contribution in [3.8, 4) is 11.5 Å². The zero-order valence-electron chi connectivity index (χ0n) is 31.0. The first-order valence-electron chi connectivity index (χ1n) is 19.1. The van der Waals surface area contributed by atoms with E-state index >= 15 is 0 Å². The molecule has 5 aliphatic carbocycles. The summed E-state index contributed by atoms with van der Waals surface area (Å²) in [4.78, 5) is 38.3. The molecule has 50 heavy (non-hydrogen) atoms. The van der Waals surface area contributed by atoms with Crippen LogP contribution < -0.4 is 0 Å². The Morgan fingerprint density at radius 3 is 2.40 bits per heavy atom. The van der Waals surface area contributed by atoms with Crippen LogP contribution >= 0.6 is 11.6 Å².